The summed E-state index contributed by atoms with van der Waals surface area (Å²) in [5.41, 5.74) is 1.61. The number of nitrogens with one attached hydrogen (secondary N) is 3. The summed E-state index contributed by atoms with van der Waals surface area (Å²) >= 11 is 0. The molecule has 1 aliphatic heterocycles. The molecule has 0 aliphatic carbocycles. The topological polar surface area (TPSA) is 96.8 Å². The number of amides is 2. The lowest BCUT2D eigenvalue weighted by Gasteiger charge is -2.24. The monoisotopic (exact) mass is 394 g/mol. The first kappa shape index (κ1) is 19.8. The van der Waals surface area contributed by atoms with Crippen LogP contribution in [0.5, 0.6) is 0 Å². The summed E-state index contributed by atoms with van der Waals surface area (Å²) in [5.74, 6) is 0.206. The molecule has 0 aromatic carbocycles. The number of fused-ring (bicyclic) bond motifs is 1. The summed E-state index contributed by atoms with van der Waals surface area (Å²) in [4.78, 5) is 20.7. The SMILES string of the molecule is CC(C)[C@@H]1CN(C(=O)NCC(F)(F)F)C[C@@H]1Nc1c(C#N)cnc2[nH]ccc12. The Kier molecular flexibility index (Phi) is 5.36. The van der Waals surface area contributed by atoms with Gasteiger partial charge >= 0.3 is 12.2 Å². The fraction of sp³-hybridized carbons (Fsp3) is 0.500. The first-order valence-electron chi connectivity index (χ1n) is 8.92. The van der Waals surface area contributed by atoms with Crippen molar-refractivity contribution in [2.24, 2.45) is 11.8 Å². The number of rotatable bonds is 4. The zero-order chi connectivity index (χ0) is 20.5. The summed E-state index contributed by atoms with van der Waals surface area (Å²) in [6, 6.07) is 2.97. The number of pyridine rings is 1. The third-order valence-electron chi connectivity index (χ3n) is 4.99. The number of hydrogen-bond donors (Lipinski definition) is 3. The normalized spacial score (nSPS) is 19.8. The van der Waals surface area contributed by atoms with Crippen LogP contribution < -0.4 is 10.6 Å². The Morgan fingerprint density at radius 1 is 1.46 bits per heavy atom. The predicted molar refractivity (Wildman–Crippen MR) is 97.6 cm³/mol. The summed E-state index contributed by atoms with van der Waals surface area (Å²) in [5, 5.41) is 15.5. The second-order valence-corrected chi connectivity index (χ2v) is 7.24. The van der Waals surface area contributed by atoms with Gasteiger partial charge in [0.1, 0.15) is 18.3 Å². The molecule has 0 spiro atoms. The van der Waals surface area contributed by atoms with E-state index in [9.17, 15) is 23.2 Å². The van der Waals surface area contributed by atoms with Crippen LogP contribution in [0.25, 0.3) is 11.0 Å². The van der Waals surface area contributed by atoms with E-state index in [-0.39, 0.29) is 24.4 Å². The highest BCUT2D eigenvalue weighted by Crippen LogP contribution is 2.31. The standard InChI is InChI=1S/C18H21F3N6O/c1-10(2)13-7-27(17(28)25-9-18(19,20)21)8-14(13)26-15-11(5-22)6-24-16-12(15)3-4-23-16/h3-4,6,10,13-14H,7-9H2,1-2H3,(H,25,28)(H2,23,24,26)/t13-,14-/m0/s1. The van der Waals surface area contributed by atoms with Crippen LogP contribution >= 0.6 is 0 Å². The lowest BCUT2D eigenvalue weighted by molar-refractivity contribution is -0.123. The second-order valence-electron chi connectivity index (χ2n) is 7.24. The minimum Gasteiger partial charge on any atom is -0.378 e. The van der Waals surface area contributed by atoms with Crippen molar-refractivity contribution in [1.29, 1.82) is 5.26 Å². The quantitative estimate of drug-likeness (QED) is 0.742. The predicted octanol–water partition coefficient (Wildman–Crippen LogP) is 3.07. The molecule has 0 unspecified atom stereocenters. The Hall–Kier alpha value is -2.96. The van der Waals surface area contributed by atoms with Gasteiger partial charge < -0.3 is 20.5 Å². The zero-order valence-electron chi connectivity index (χ0n) is 15.5. The summed E-state index contributed by atoms with van der Waals surface area (Å²) in [6.07, 6.45) is -1.27. The number of halogens is 3. The van der Waals surface area contributed by atoms with E-state index in [1.165, 1.54) is 11.1 Å². The Labute approximate surface area is 159 Å². The summed E-state index contributed by atoms with van der Waals surface area (Å²) in [7, 11) is 0. The fourth-order valence-electron chi connectivity index (χ4n) is 3.54. The second kappa shape index (κ2) is 7.58. The van der Waals surface area contributed by atoms with Crippen molar-refractivity contribution >= 4 is 22.8 Å². The number of aromatic nitrogens is 2. The van der Waals surface area contributed by atoms with Crippen LogP contribution in [0.3, 0.4) is 0 Å². The lowest BCUT2D eigenvalue weighted by Crippen LogP contribution is -2.43. The molecule has 2 aromatic heterocycles. The minimum absolute atomic E-state index is 0.0188. The van der Waals surface area contributed by atoms with E-state index in [1.807, 2.05) is 19.2 Å². The van der Waals surface area contributed by atoms with Crippen molar-refractivity contribution in [2.75, 3.05) is 25.0 Å². The van der Waals surface area contributed by atoms with Crippen LogP contribution in [-0.4, -0.2) is 52.8 Å². The van der Waals surface area contributed by atoms with Crippen molar-refractivity contribution in [3.05, 3.63) is 24.0 Å². The van der Waals surface area contributed by atoms with E-state index in [1.54, 1.807) is 12.3 Å². The molecule has 28 heavy (non-hydrogen) atoms. The number of hydrogen-bond acceptors (Lipinski definition) is 4. The van der Waals surface area contributed by atoms with Crippen LogP contribution in [0.2, 0.25) is 0 Å². The van der Waals surface area contributed by atoms with Gasteiger partial charge in [0.05, 0.1) is 11.3 Å². The molecule has 1 fully saturated rings. The number of urea groups is 1. The maximum atomic E-state index is 12.4. The van der Waals surface area contributed by atoms with Gasteiger partial charge in [-0.25, -0.2) is 9.78 Å². The molecule has 1 saturated heterocycles. The molecule has 2 amide bonds. The van der Waals surface area contributed by atoms with Crippen LogP contribution in [-0.2, 0) is 0 Å². The average molecular weight is 394 g/mol. The van der Waals surface area contributed by atoms with Crippen molar-refractivity contribution in [3.8, 4) is 6.07 Å². The number of anilines is 1. The minimum atomic E-state index is -4.46. The van der Waals surface area contributed by atoms with Gasteiger partial charge in [-0.05, 0) is 12.0 Å². The lowest BCUT2D eigenvalue weighted by atomic mass is 9.91. The summed E-state index contributed by atoms with van der Waals surface area (Å²) in [6.45, 7) is 3.22. The van der Waals surface area contributed by atoms with Crippen LogP contribution in [0.4, 0.5) is 23.7 Å². The van der Waals surface area contributed by atoms with E-state index < -0.39 is 18.8 Å². The Morgan fingerprint density at radius 3 is 2.86 bits per heavy atom. The highest BCUT2D eigenvalue weighted by atomic mass is 19.4. The van der Waals surface area contributed by atoms with Crippen LogP contribution in [0.1, 0.15) is 19.4 Å². The molecule has 0 bridgehead atoms. The first-order valence-corrected chi connectivity index (χ1v) is 8.92. The fourth-order valence-corrected chi connectivity index (χ4v) is 3.54. The molecular weight excluding hydrogens is 373 g/mol. The smallest absolute Gasteiger partial charge is 0.378 e. The number of carbonyl (C=O) groups is 1. The van der Waals surface area contributed by atoms with Gasteiger partial charge in [-0.15, -0.1) is 0 Å². The first-order chi connectivity index (χ1) is 13.2. The van der Waals surface area contributed by atoms with E-state index in [0.29, 0.717) is 23.4 Å². The molecule has 10 heteroatoms. The number of alkyl halides is 3. The maximum absolute atomic E-state index is 12.4. The Morgan fingerprint density at radius 2 is 2.21 bits per heavy atom. The van der Waals surface area contributed by atoms with E-state index in [2.05, 4.69) is 21.4 Å². The molecule has 150 valence electrons. The molecule has 7 nitrogen and oxygen atoms in total. The van der Waals surface area contributed by atoms with Crippen molar-refractivity contribution in [2.45, 2.75) is 26.1 Å². The number of nitrogens with zero attached hydrogens (tertiary/aromatic N) is 3. The highest BCUT2D eigenvalue weighted by molar-refractivity contribution is 5.92. The molecule has 3 heterocycles. The van der Waals surface area contributed by atoms with Gasteiger partial charge in [0.25, 0.3) is 0 Å². The number of H-pyrrole nitrogens is 1. The van der Waals surface area contributed by atoms with Gasteiger partial charge in [0, 0.05) is 42.8 Å². The maximum Gasteiger partial charge on any atom is 0.405 e. The number of carbonyl (C=O) groups excluding carboxylic acids is 1. The molecule has 3 N–H and O–H groups in total. The van der Waals surface area contributed by atoms with Gasteiger partial charge in [-0.3, -0.25) is 0 Å². The number of nitriles is 1. The number of aromatic amines is 1. The van der Waals surface area contributed by atoms with Gasteiger partial charge in [-0.1, -0.05) is 13.8 Å². The third-order valence-corrected chi connectivity index (χ3v) is 4.99. The van der Waals surface area contributed by atoms with Crippen molar-refractivity contribution in [3.63, 3.8) is 0 Å². The zero-order valence-corrected chi connectivity index (χ0v) is 15.5. The highest BCUT2D eigenvalue weighted by Gasteiger charge is 2.38. The summed E-state index contributed by atoms with van der Waals surface area (Å²) < 4.78 is 37.2. The third kappa shape index (κ3) is 4.13. The molecule has 1 aliphatic rings. The average Bonchev–Trinajstić information content (AvgIpc) is 3.26. The number of likely N-dealkylation sites (tertiary alicyclic amines) is 1. The van der Waals surface area contributed by atoms with Gasteiger partial charge in [0.2, 0.25) is 0 Å². The Balaban J connectivity index is 1.81. The van der Waals surface area contributed by atoms with Crippen LogP contribution in [0, 0.1) is 23.2 Å². The van der Waals surface area contributed by atoms with Gasteiger partial charge in [0.15, 0.2) is 0 Å². The molecular formula is C18H21F3N6O. The molecule has 2 atom stereocenters. The van der Waals surface area contributed by atoms with E-state index in [0.717, 1.165) is 5.39 Å². The van der Waals surface area contributed by atoms with Crippen LogP contribution in [0.15, 0.2) is 18.5 Å². The van der Waals surface area contributed by atoms with E-state index >= 15 is 0 Å². The molecule has 2 aromatic rings. The molecule has 3 rings (SSSR count). The Bertz CT molecular complexity index is 901. The molecule has 0 saturated carbocycles. The van der Waals surface area contributed by atoms with Gasteiger partial charge in [-0.2, -0.15) is 18.4 Å². The van der Waals surface area contributed by atoms with Crippen molar-refractivity contribution < 1.29 is 18.0 Å². The van der Waals surface area contributed by atoms with E-state index in [4.69, 9.17) is 0 Å². The molecule has 0 radical (unpaired) electrons. The largest absolute Gasteiger partial charge is 0.405 e. The van der Waals surface area contributed by atoms with Crippen molar-refractivity contribution in [1.82, 2.24) is 20.2 Å².